The average molecular weight is 257 g/mol. The highest BCUT2D eigenvalue weighted by atomic mass is 32.1. The molecule has 4 rings (SSSR count). The van der Waals surface area contributed by atoms with Gasteiger partial charge in [0.15, 0.2) is 5.78 Å². The highest BCUT2D eigenvalue weighted by molar-refractivity contribution is 7.10. The van der Waals surface area contributed by atoms with Crippen LogP contribution in [0.4, 0.5) is 0 Å². The summed E-state index contributed by atoms with van der Waals surface area (Å²) in [7, 11) is 0. The minimum absolute atomic E-state index is 0.214. The quantitative estimate of drug-likeness (QED) is 0.834. The van der Waals surface area contributed by atoms with Crippen molar-refractivity contribution in [3.05, 3.63) is 22.4 Å². The lowest BCUT2D eigenvalue weighted by Gasteiger charge is -2.10. The van der Waals surface area contributed by atoms with Crippen LogP contribution in [0, 0.1) is 40.9 Å². The van der Waals surface area contributed by atoms with Gasteiger partial charge in [-0.15, -0.1) is 11.3 Å². The lowest BCUT2D eigenvalue weighted by molar-refractivity contribution is -0.121. The normalized spacial score (nSPS) is 41.2. The van der Waals surface area contributed by atoms with Crippen molar-refractivity contribution in [2.45, 2.75) is 25.2 Å². The molecule has 0 spiro atoms. The van der Waals surface area contributed by atoms with E-state index in [2.05, 4.69) is 6.07 Å². The number of carbonyl (C=O) groups is 1. The molecular formula is C15H15NOS. The van der Waals surface area contributed by atoms with Crippen LogP contribution in [0.2, 0.25) is 0 Å². The Balaban J connectivity index is 1.57. The van der Waals surface area contributed by atoms with Crippen molar-refractivity contribution in [2.75, 3.05) is 0 Å². The van der Waals surface area contributed by atoms with Crippen LogP contribution in [0.3, 0.4) is 0 Å². The molecule has 1 aromatic heterocycles. The van der Waals surface area contributed by atoms with Gasteiger partial charge in [0.1, 0.15) is 5.92 Å². The van der Waals surface area contributed by atoms with Crippen LogP contribution in [-0.2, 0) is 4.79 Å². The molecule has 2 nitrogen and oxygen atoms in total. The van der Waals surface area contributed by atoms with Gasteiger partial charge in [-0.3, -0.25) is 4.79 Å². The number of rotatable bonds is 3. The van der Waals surface area contributed by atoms with Gasteiger partial charge in [0.25, 0.3) is 0 Å². The fourth-order valence-electron chi connectivity index (χ4n) is 4.62. The average Bonchev–Trinajstić information content (AvgIpc) is 2.83. The van der Waals surface area contributed by atoms with Crippen molar-refractivity contribution < 1.29 is 4.79 Å². The summed E-state index contributed by atoms with van der Waals surface area (Å²) in [6, 6.07) is 6.07. The first-order valence-corrected chi connectivity index (χ1v) is 7.66. The lowest BCUT2D eigenvalue weighted by Crippen LogP contribution is -2.16. The zero-order valence-corrected chi connectivity index (χ0v) is 10.9. The van der Waals surface area contributed by atoms with Gasteiger partial charge in [-0.2, -0.15) is 5.26 Å². The molecule has 3 saturated carbocycles. The van der Waals surface area contributed by atoms with Gasteiger partial charge >= 0.3 is 0 Å². The molecule has 0 N–H and O–H groups in total. The van der Waals surface area contributed by atoms with E-state index in [1.165, 1.54) is 30.6 Å². The summed E-state index contributed by atoms with van der Waals surface area (Å²) in [5.74, 6) is 2.84. The molecule has 3 fully saturated rings. The van der Waals surface area contributed by atoms with Crippen LogP contribution in [0.5, 0.6) is 0 Å². The molecule has 0 radical (unpaired) electrons. The summed E-state index contributed by atoms with van der Waals surface area (Å²) < 4.78 is 0. The van der Waals surface area contributed by atoms with E-state index in [-0.39, 0.29) is 11.7 Å². The number of Topliss-reactive ketones (excluding diaryl/α,β-unsaturated/α-hetero) is 1. The second-order valence-electron chi connectivity index (χ2n) is 5.99. The molecule has 0 saturated heterocycles. The molecule has 5 unspecified atom stereocenters. The Hall–Kier alpha value is -1.14. The Labute approximate surface area is 111 Å². The number of ketones is 1. The topological polar surface area (TPSA) is 40.9 Å². The van der Waals surface area contributed by atoms with Gasteiger partial charge < -0.3 is 0 Å². The summed E-state index contributed by atoms with van der Waals surface area (Å²) in [6.45, 7) is 0. The number of nitrogens with zero attached hydrogens (tertiary/aromatic N) is 1. The van der Waals surface area contributed by atoms with Crippen molar-refractivity contribution in [1.82, 2.24) is 0 Å². The fraction of sp³-hybridized carbons (Fsp3) is 0.600. The van der Waals surface area contributed by atoms with Gasteiger partial charge in [0.05, 0.1) is 6.07 Å². The third-order valence-corrected chi connectivity index (χ3v) is 6.24. The Bertz CT molecular complexity index is 513. The van der Waals surface area contributed by atoms with Crippen molar-refractivity contribution in [3.8, 4) is 6.07 Å². The minimum atomic E-state index is -0.500. The molecule has 18 heavy (non-hydrogen) atoms. The highest BCUT2D eigenvalue weighted by Crippen LogP contribution is 2.70. The van der Waals surface area contributed by atoms with Crippen molar-refractivity contribution in [1.29, 1.82) is 5.26 Å². The molecule has 0 aliphatic heterocycles. The Morgan fingerprint density at radius 3 is 2.67 bits per heavy atom. The Kier molecular flexibility index (Phi) is 2.20. The number of thiophene rings is 1. The van der Waals surface area contributed by atoms with Crippen LogP contribution >= 0.6 is 11.3 Å². The second-order valence-corrected chi connectivity index (χ2v) is 6.97. The molecule has 1 heterocycles. The summed E-state index contributed by atoms with van der Waals surface area (Å²) in [4.78, 5) is 13.5. The highest BCUT2D eigenvalue weighted by Gasteiger charge is 2.67. The molecule has 3 heteroatoms. The Morgan fingerprint density at radius 1 is 1.39 bits per heavy atom. The SMILES string of the molecule is N#CC(C(=O)C1C2C3CCC(C3)C12)c1cccs1. The number of nitriles is 1. The molecule has 3 aliphatic rings. The third-order valence-electron chi connectivity index (χ3n) is 5.31. The maximum atomic E-state index is 12.6. The fourth-order valence-corrected chi connectivity index (χ4v) is 5.40. The van der Waals surface area contributed by atoms with Crippen molar-refractivity contribution >= 4 is 17.1 Å². The van der Waals surface area contributed by atoms with E-state index in [1.54, 1.807) is 0 Å². The van der Waals surface area contributed by atoms with Gasteiger partial charge in [-0.25, -0.2) is 0 Å². The smallest absolute Gasteiger partial charge is 0.158 e. The van der Waals surface area contributed by atoms with Crippen molar-refractivity contribution in [3.63, 3.8) is 0 Å². The van der Waals surface area contributed by atoms with E-state index >= 15 is 0 Å². The summed E-state index contributed by atoms with van der Waals surface area (Å²) in [5, 5.41) is 11.2. The molecule has 0 amide bonds. The van der Waals surface area contributed by atoms with Crippen LogP contribution < -0.4 is 0 Å². The standard InChI is InChI=1S/C15H15NOS/c16-7-10(11-2-1-5-18-11)15(17)14-12-8-3-4-9(6-8)13(12)14/h1-2,5,8-10,12-14H,3-4,6H2. The number of hydrogen-bond donors (Lipinski definition) is 0. The van der Waals surface area contributed by atoms with Crippen LogP contribution in [-0.4, -0.2) is 5.78 Å². The molecular weight excluding hydrogens is 242 g/mol. The molecule has 5 atom stereocenters. The van der Waals surface area contributed by atoms with Gasteiger partial charge in [-0.1, -0.05) is 6.07 Å². The summed E-state index contributed by atoms with van der Waals surface area (Å²) in [5.41, 5.74) is 0. The maximum Gasteiger partial charge on any atom is 0.158 e. The van der Waals surface area contributed by atoms with E-state index in [0.717, 1.165) is 16.7 Å². The lowest BCUT2D eigenvalue weighted by atomic mass is 9.92. The predicted octanol–water partition coefficient (Wildman–Crippen LogP) is 3.22. The van der Waals surface area contributed by atoms with E-state index in [0.29, 0.717) is 11.8 Å². The van der Waals surface area contributed by atoms with E-state index < -0.39 is 5.92 Å². The first kappa shape index (κ1) is 10.8. The summed E-state index contributed by atoms with van der Waals surface area (Å²) >= 11 is 1.53. The van der Waals surface area contributed by atoms with Crippen LogP contribution in [0.1, 0.15) is 30.1 Å². The largest absolute Gasteiger partial charge is 0.297 e. The maximum absolute atomic E-state index is 12.6. The predicted molar refractivity (Wildman–Crippen MR) is 69.0 cm³/mol. The first-order chi connectivity index (χ1) is 8.81. The van der Waals surface area contributed by atoms with Gasteiger partial charge in [0.2, 0.25) is 0 Å². The van der Waals surface area contributed by atoms with E-state index in [4.69, 9.17) is 0 Å². The number of carbonyl (C=O) groups excluding carboxylic acids is 1. The van der Waals surface area contributed by atoms with Gasteiger partial charge in [0, 0.05) is 10.8 Å². The van der Waals surface area contributed by atoms with Crippen LogP contribution in [0.25, 0.3) is 0 Å². The summed E-state index contributed by atoms with van der Waals surface area (Å²) in [6.07, 6.45) is 4.01. The number of fused-ring (bicyclic) bond motifs is 5. The molecule has 0 aromatic carbocycles. The second kappa shape index (κ2) is 3.68. The van der Waals surface area contributed by atoms with Crippen LogP contribution in [0.15, 0.2) is 17.5 Å². The zero-order chi connectivity index (χ0) is 12.3. The molecule has 1 aromatic rings. The third kappa shape index (κ3) is 1.30. The zero-order valence-electron chi connectivity index (χ0n) is 10.1. The van der Waals surface area contributed by atoms with E-state index in [1.807, 2.05) is 17.5 Å². The monoisotopic (exact) mass is 257 g/mol. The first-order valence-electron chi connectivity index (χ1n) is 6.78. The molecule has 3 aliphatic carbocycles. The van der Waals surface area contributed by atoms with Gasteiger partial charge in [-0.05, 0) is 54.4 Å². The molecule has 92 valence electrons. The number of hydrogen-bond acceptors (Lipinski definition) is 3. The minimum Gasteiger partial charge on any atom is -0.297 e. The van der Waals surface area contributed by atoms with E-state index in [9.17, 15) is 10.1 Å². The van der Waals surface area contributed by atoms with Crippen molar-refractivity contribution in [2.24, 2.45) is 29.6 Å². The Morgan fingerprint density at radius 2 is 2.11 bits per heavy atom. The molecule has 2 bridgehead atoms.